The predicted octanol–water partition coefficient (Wildman–Crippen LogP) is 2.71. The van der Waals surface area contributed by atoms with E-state index in [1.165, 1.54) is 12.4 Å². The zero-order chi connectivity index (χ0) is 15.9. The molecule has 0 aliphatic carbocycles. The van der Waals surface area contributed by atoms with Gasteiger partial charge >= 0.3 is 0 Å². The highest BCUT2D eigenvalue weighted by atomic mass is 79.9. The van der Waals surface area contributed by atoms with E-state index in [2.05, 4.69) is 31.4 Å². The number of halogens is 1. The van der Waals surface area contributed by atoms with E-state index in [0.29, 0.717) is 22.4 Å². The van der Waals surface area contributed by atoms with Crippen molar-refractivity contribution in [2.75, 3.05) is 6.61 Å². The van der Waals surface area contributed by atoms with E-state index in [-0.39, 0.29) is 11.4 Å². The molecule has 2 rings (SSSR count). The lowest BCUT2D eigenvalue weighted by Crippen LogP contribution is -2.18. The largest absolute Gasteiger partial charge is 0.503 e. The second-order valence-corrected chi connectivity index (χ2v) is 5.05. The molecule has 0 saturated heterocycles. The van der Waals surface area contributed by atoms with Gasteiger partial charge in [-0.2, -0.15) is 5.10 Å². The Hall–Kier alpha value is -2.41. The summed E-state index contributed by atoms with van der Waals surface area (Å²) in [5.74, 6) is -0.0365. The molecule has 0 bridgehead atoms. The number of benzene rings is 1. The highest BCUT2D eigenvalue weighted by molar-refractivity contribution is 9.10. The molecule has 1 aromatic carbocycles. The fraction of sp³-hybridized carbons (Fsp3) is 0.133. The average Bonchev–Trinajstić information content (AvgIpc) is 2.53. The maximum Gasteiger partial charge on any atom is 0.289 e. The van der Waals surface area contributed by atoms with Gasteiger partial charge in [0.05, 0.1) is 17.3 Å². The van der Waals surface area contributed by atoms with Gasteiger partial charge in [0.15, 0.2) is 11.5 Å². The number of carbonyl (C=O) groups excluding carboxylic acids is 1. The number of hydrazone groups is 1. The summed E-state index contributed by atoms with van der Waals surface area (Å²) in [7, 11) is 0. The van der Waals surface area contributed by atoms with Crippen molar-refractivity contribution in [3.63, 3.8) is 0 Å². The third-order valence-electron chi connectivity index (χ3n) is 2.63. The Labute approximate surface area is 136 Å². The number of hydrogen-bond donors (Lipinski definition) is 2. The minimum absolute atomic E-state index is 0.0246. The third kappa shape index (κ3) is 4.05. The molecule has 22 heavy (non-hydrogen) atoms. The maximum atomic E-state index is 11.8. The molecule has 114 valence electrons. The van der Waals surface area contributed by atoms with E-state index in [0.717, 1.165) is 0 Å². The first-order valence-corrected chi connectivity index (χ1v) is 7.31. The van der Waals surface area contributed by atoms with Crippen molar-refractivity contribution in [1.82, 2.24) is 10.4 Å². The third-order valence-corrected chi connectivity index (χ3v) is 3.23. The van der Waals surface area contributed by atoms with Crippen LogP contribution in [0.3, 0.4) is 0 Å². The Bertz CT molecular complexity index is 690. The quantitative estimate of drug-likeness (QED) is 0.631. The first-order valence-electron chi connectivity index (χ1n) is 6.51. The van der Waals surface area contributed by atoms with Crippen molar-refractivity contribution >= 4 is 28.1 Å². The Balaban J connectivity index is 2.09. The summed E-state index contributed by atoms with van der Waals surface area (Å²) in [5.41, 5.74) is 3.32. The molecule has 0 atom stereocenters. The Morgan fingerprint density at radius 1 is 1.50 bits per heavy atom. The molecule has 1 amide bonds. The van der Waals surface area contributed by atoms with Crippen LogP contribution in [0.25, 0.3) is 0 Å². The summed E-state index contributed by atoms with van der Waals surface area (Å²) in [6, 6.07) is 8.32. The summed E-state index contributed by atoms with van der Waals surface area (Å²) in [6.07, 6.45) is 2.98. The van der Waals surface area contributed by atoms with Crippen LogP contribution in [0.1, 0.15) is 23.0 Å². The van der Waals surface area contributed by atoms with Crippen LogP contribution < -0.4 is 10.2 Å². The smallest absolute Gasteiger partial charge is 0.289 e. The molecule has 0 aliphatic rings. The van der Waals surface area contributed by atoms with Gasteiger partial charge in [0, 0.05) is 6.20 Å². The fourth-order valence-electron chi connectivity index (χ4n) is 1.65. The minimum Gasteiger partial charge on any atom is -0.503 e. The van der Waals surface area contributed by atoms with Gasteiger partial charge in [-0.3, -0.25) is 9.78 Å². The molecule has 0 radical (unpaired) electrons. The van der Waals surface area contributed by atoms with Crippen molar-refractivity contribution in [2.45, 2.75) is 6.92 Å². The summed E-state index contributed by atoms with van der Waals surface area (Å²) in [4.78, 5) is 15.7. The number of pyridine rings is 1. The number of amides is 1. The minimum atomic E-state index is -0.403. The van der Waals surface area contributed by atoms with Crippen molar-refractivity contribution in [1.29, 1.82) is 0 Å². The molecule has 0 spiro atoms. The Morgan fingerprint density at radius 3 is 3.00 bits per heavy atom. The average molecular weight is 364 g/mol. The molecule has 1 aromatic heterocycles. The normalized spacial score (nSPS) is 10.6. The molecule has 2 aromatic rings. The van der Waals surface area contributed by atoms with Crippen LogP contribution in [0.2, 0.25) is 0 Å². The van der Waals surface area contributed by atoms with Gasteiger partial charge < -0.3 is 9.84 Å². The van der Waals surface area contributed by atoms with Crippen molar-refractivity contribution in [3.05, 3.63) is 52.3 Å². The molecule has 6 nitrogen and oxygen atoms in total. The number of rotatable bonds is 5. The number of hydrogen-bond acceptors (Lipinski definition) is 5. The Kier molecular flexibility index (Phi) is 5.48. The van der Waals surface area contributed by atoms with Crippen LogP contribution in [0.15, 0.2) is 46.1 Å². The summed E-state index contributed by atoms with van der Waals surface area (Å²) in [6.45, 7) is 2.25. The second kappa shape index (κ2) is 7.56. The molecular formula is C15H14BrN3O3. The molecule has 0 unspecified atom stereocenters. The number of aromatic nitrogens is 1. The Morgan fingerprint density at radius 2 is 2.32 bits per heavy atom. The number of aromatic hydroxyl groups is 1. The number of phenols is 1. The van der Waals surface area contributed by atoms with Crippen LogP contribution in [-0.4, -0.2) is 28.8 Å². The summed E-state index contributed by atoms with van der Waals surface area (Å²) < 4.78 is 5.80. The number of nitrogens with zero attached hydrogens (tertiary/aromatic N) is 2. The highest BCUT2D eigenvalue weighted by Crippen LogP contribution is 2.34. The lowest BCUT2D eigenvalue weighted by Gasteiger charge is -2.08. The van der Waals surface area contributed by atoms with E-state index in [1.54, 1.807) is 30.3 Å². The van der Waals surface area contributed by atoms with Crippen LogP contribution in [0.5, 0.6) is 11.5 Å². The standard InChI is InChI=1S/C15H14BrN3O3/c1-2-22-13-8-10(7-11(16)14(13)20)9-18-19-15(21)12-5-3-4-6-17-12/h3-9,20H,2H2,1H3,(H,19,21). The highest BCUT2D eigenvalue weighted by Gasteiger charge is 2.08. The molecule has 0 fully saturated rings. The predicted molar refractivity (Wildman–Crippen MR) is 86.3 cm³/mol. The van der Waals surface area contributed by atoms with Gasteiger partial charge in [0.1, 0.15) is 5.69 Å². The molecule has 7 heteroatoms. The lowest BCUT2D eigenvalue weighted by molar-refractivity contribution is 0.0950. The van der Waals surface area contributed by atoms with E-state index in [9.17, 15) is 9.90 Å². The van der Waals surface area contributed by atoms with E-state index in [1.807, 2.05) is 6.92 Å². The molecule has 2 N–H and O–H groups in total. The van der Waals surface area contributed by atoms with Gasteiger partial charge in [0.25, 0.3) is 5.91 Å². The topological polar surface area (TPSA) is 83.8 Å². The maximum absolute atomic E-state index is 11.8. The van der Waals surface area contributed by atoms with Gasteiger partial charge in [-0.15, -0.1) is 0 Å². The van der Waals surface area contributed by atoms with E-state index in [4.69, 9.17) is 4.74 Å². The number of ether oxygens (including phenoxy) is 1. The molecular weight excluding hydrogens is 350 g/mol. The van der Waals surface area contributed by atoms with Crippen LogP contribution in [0.4, 0.5) is 0 Å². The zero-order valence-corrected chi connectivity index (χ0v) is 13.4. The van der Waals surface area contributed by atoms with Gasteiger partial charge in [-0.1, -0.05) is 6.07 Å². The molecule has 0 aliphatic heterocycles. The van der Waals surface area contributed by atoms with Crippen molar-refractivity contribution in [2.24, 2.45) is 5.10 Å². The van der Waals surface area contributed by atoms with E-state index >= 15 is 0 Å². The number of nitrogens with one attached hydrogen (secondary N) is 1. The van der Waals surface area contributed by atoms with Gasteiger partial charge in [-0.05, 0) is 52.7 Å². The van der Waals surface area contributed by atoms with Gasteiger partial charge in [0.2, 0.25) is 0 Å². The van der Waals surface area contributed by atoms with Crippen molar-refractivity contribution in [3.8, 4) is 11.5 Å². The van der Waals surface area contributed by atoms with Crippen LogP contribution in [-0.2, 0) is 0 Å². The van der Waals surface area contributed by atoms with Gasteiger partial charge in [-0.25, -0.2) is 5.43 Å². The number of carbonyl (C=O) groups is 1. The van der Waals surface area contributed by atoms with Crippen LogP contribution >= 0.6 is 15.9 Å². The fourth-order valence-corrected chi connectivity index (χ4v) is 2.11. The first kappa shape index (κ1) is 16.0. The number of phenolic OH excluding ortho intramolecular Hbond substituents is 1. The monoisotopic (exact) mass is 363 g/mol. The lowest BCUT2D eigenvalue weighted by atomic mass is 10.2. The zero-order valence-electron chi connectivity index (χ0n) is 11.8. The van der Waals surface area contributed by atoms with Crippen LogP contribution in [0, 0.1) is 0 Å². The summed E-state index contributed by atoms with van der Waals surface area (Å²) in [5, 5.41) is 13.7. The second-order valence-electron chi connectivity index (χ2n) is 4.20. The SMILES string of the molecule is CCOc1cc(C=NNC(=O)c2ccccn2)cc(Br)c1O. The molecule has 0 saturated carbocycles. The van der Waals surface area contributed by atoms with E-state index < -0.39 is 5.91 Å². The molecule has 1 heterocycles. The van der Waals surface area contributed by atoms with Crippen molar-refractivity contribution < 1.29 is 14.6 Å². The first-order chi connectivity index (χ1) is 10.6. The summed E-state index contributed by atoms with van der Waals surface area (Å²) >= 11 is 3.24.